The first-order chi connectivity index (χ1) is 9.88. The van der Waals surface area contributed by atoms with Crippen molar-refractivity contribution in [2.24, 2.45) is 0 Å². The second-order valence-electron chi connectivity index (χ2n) is 4.70. The summed E-state index contributed by atoms with van der Waals surface area (Å²) in [6.07, 6.45) is 1.35. The van der Waals surface area contributed by atoms with Gasteiger partial charge in [0, 0.05) is 0 Å². The molecule has 0 bridgehead atoms. The minimum Gasteiger partial charge on any atom is -0.462 e. The smallest absolute Gasteiger partial charge is 0.348 e. The van der Waals surface area contributed by atoms with Crippen molar-refractivity contribution in [1.29, 1.82) is 0 Å². The number of aryl methyl sites for hydroxylation is 1. The molecule has 0 radical (unpaired) electrons. The lowest BCUT2D eigenvalue weighted by atomic mass is 10.2. The minimum atomic E-state index is -0.584. The third-order valence-corrected chi connectivity index (χ3v) is 4.52. The van der Waals surface area contributed by atoms with E-state index < -0.39 is 12.0 Å². The van der Waals surface area contributed by atoms with Gasteiger partial charge in [-0.05, 0) is 33.3 Å². The largest absolute Gasteiger partial charge is 0.462 e. The number of carbonyl (C=O) groups excluding carboxylic acids is 2. The highest BCUT2D eigenvalue weighted by molar-refractivity contribution is 7.20. The average molecular weight is 308 g/mol. The summed E-state index contributed by atoms with van der Waals surface area (Å²) in [6, 6.07) is -0.584. The maximum Gasteiger partial charge on any atom is 0.348 e. The van der Waals surface area contributed by atoms with Gasteiger partial charge in [0.15, 0.2) is 5.78 Å². The lowest BCUT2D eigenvalue weighted by Gasteiger charge is -2.10. The van der Waals surface area contributed by atoms with Crippen LogP contribution in [0.25, 0.3) is 10.2 Å². The Morgan fingerprint density at radius 2 is 2.14 bits per heavy atom. The molecule has 1 atom stereocenters. The summed E-state index contributed by atoms with van der Waals surface area (Å²) in [4.78, 5) is 40.9. The molecule has 21 heavy (non-hydrogen) atoms. The predicted octanol–water partition coefficient (Wildman–Crippen LogP) is 2.09. The van der Waals surface area contributed by atoms with Crippen LogP contribution in [-0.2, 0) is 9.53 Å². The Morgan fingerprint density at radius 3 is 2.71 bits per heavy atom. The highest BCUT2D eigenvalue weighted by Gasteiger charge is 2.22. The van der Waals surface area contributed by atoms with E-state index in [9.17, 15) is 14.4 Å². The average Bonchev–Trinajstić information content (AvgIpc) is 2.77. The fraction of sp³-hybridized carbons (Fsp3) is 0.429. The number of hydrogen-bond acceptors (Lipinski definition) is 6. The maximum absolute atomic E-state index is 12.5. The van der Waals surface area contributed by atoms with Crippen LogP contribution in [0.4, 0.5) is 0 Å². The molecule has 0 saturated heterocycles. The van der Waals surface area contributed by atoms with E-state index in [4.69, 9.17) is 4.74 Å². The maximum atomic E-state index is 12.5. The quantitative estimate of drug-likeness (QED) is 0.808. The van der Waals surface area contributed by atoms with Crippen molar-refractivity contribution >= 4 is 33.3 Å². The summed E-state index contributed by atoms with van der Waals surface area (Å²) < 4.78 is 6.27. The first kappa shape index (κ1) is 15.4. The molecule has 7 heteroatoms. The molecule has 2 heterocycles. The van der Waals surface area contributed by atoms with Crippen LogP contribution in [-0.4, -0.2) is 27.9 Å². The van der Waals surface area contributed by atoms with Crippen LogP contribution >= 0.6 is 11.3 Å². The molecular formula is C14H16N2O4S. The van der Waals surface area contributed by atoms with Crippen molar-refractivity contribution in [1.82, 2.24) is 9.55 Å². The van der Waals surface area contributed by atoms with E-state index in [0.717, 1.165) is 11.3 Å². The summed E-state index contributed by atoms with van der Waals surface area (Å²) in [5.74, 6) is -0.583. The van der Waals surface area contributed by atoms with Gasteiger partial charge in [-0.25, -0.2) is 9.78 Å². The molecule has 0 aliphatic heterocycles. The number of ether oxygens (including phenoxy) is 1. The lowest BCUT2D eigenvalue weighted by Crippen LogP contribution is -2.27. The van der Waals surface area contributed by atoms with Gasteiger partial charge in [0.1, 0.15) is 9.71 Å². The standard InChI is InChI=1S/C14H16N2O4S/c1-5-20-14(19)11-7(2)10-12(21-11)15-6-16(13(10)18)8(3)9(4)17/h6,8H,5H2,1-4H3/t8-/m0/s1. The van der Waals surface area contributed by atoms with E-state index in [1.165, 1.54) is 17.8 Å². The van der Waals surface area contributed by atoms with Crippen LogP contribution in [0.3, 0.4) is 0 Å². The zero-order valence-electron chi connectivity index (χ0n) is 12.3. The van der Waals surface area contributed by atoms with Gasteiger partial charge in [0.05, 0.1) is 24.4 Å². The number of carbonyl (C=O) groups is 2. The van der Waals surface area contributed by atoms with E-state index in [1.807, 2.05) is 0 Å². The Hall–Kier alpha value is -2.02. The first-order valence-corrected chi connectivity index (χ1v) is 7.37. The van der Waals surface area contributed by atoms with Gasteiger partial charge >= 0.3 is 5.97 Å². The summed E-state index contributed by atoms with van der Waals surface area (Å²) in [6.45, 7) is 6.75. The van der Waals surface area contributed by atoms with Crippen LogP contribution in [0.2, 0.25) is 0 Å². The molecule has 0 amide bonds. The van der Waals surface area contributed by atoms with Crippen LogP contribution in [0.15, 0.2) is 11.1 Å². The zero-order valence-corrected chi connectivity index (χ0v) is 13.1. The highest BCUT2D eigenvalue weighted by atomic mass is 32.1. The SMILES string of the molecule is CCOC(=O)c1sc2ncn([C@@H](C)C(C)=O)c(=O)c2c1C. The van der Waals surface area contributed by atoms with E-state index >= 15 is 0 Å². The van der Waals surface area contributed by atoms with E-state index in [2.05, 4.69) is 4.98 Å². The van der Waals surface area contributed by atoms with E-state index in [0.29, 0.717) is 20.7 Å². The third-order valence-electron chi connectivity index (χ3n) is 3.34. The van der Waals surface area contributed by atoms with Gasteiger partial charge < -0.3 is 4.74 Å². The number of ketones is 1. The monoisotopic (exact) mass is 308 g/mol. The van der Waals surface area contributed by atoms with Crippen molar-refractivity contribution in [2.45, 2.75) is 33.7 Å². The molecule has 0 aliphatic rings. The van der Waals surface area contributed by atoms with Crippen molar-refractivity contribution < 1.29 is 14.3 Å². The molecule has 2 aromatic heterocycles. The van der Waals surface area contributed by atoms with Gasteiger partial charge in [0.25, 0.3) is 5.56 Å². The lowest BCUT2D eigenvalue weighted by molar-refractivity contribution is -0.119. The number of aromatic nitrogens is 2. The van der Waals surface area contributed by atoms with Crippen molar-refractivity contribution in [3.05, 3.63) is 27.1 Å². The van der Waals surface area contributed by atoms with Crippen molar-refractivity contribution in [3.8, 4) is 0 Å². The van der Waals surface area contributed by atoms with Crippen molar-refractivity contribution in [3.63, 3.8) is 0 Å². The molecule has 0 N–H and O–H groups in total. The van der Waals surface area contributed by atoms with Crippen molar-refractivity contribution in [2.75, 3.05) is 6.61 Å². The second-order valence-corrected chi connectivity index (χ2v) is 5.70. The number of fused-ring (bicyclic) bond motifs is 1. The highest BCUT2D eigenvalue weighted by Crippen LogP contribution is 2.27. The molecule has 0 saturated carbocycles. The topological polar surface area (TPSA) is 78.3 Å². The Balaban J connectivity index is 2.66. The molecule has 0 spiro atoms. The van der Waals surface area contributed by atoms with Gasteiger partial charge in [0.2, 0.25) is 0 Å². The van der Waals surface area contributed by atoms with Gasteiger partial charge in [-0.1, -0.05) is 0 Å². The molecular weight excluding hydrogens is 292 g/mol. The third kappa shape index (κ3) is 2.61. The number of nitrogens with zero attached hydrogens (tertiary/aromatic N) is 2. The predicted molar refractivity (Wildman–Crippen MR) is 80.0 cm³/mol. The summed E-state index contributed by atoms with van der Waals surface area (Å²) in [5, 5.41) is 0.374. The van der Waals surface area contributed by atoms with Crippen LogP contribution < -0.4 is 5.56 Å². The Morgan fingerprint density at radius 1 is 1.48 bits per heavy atom. The summed E-state index contributed by atoms with van der Waals surface area (Å²) in [7, 11) is 0. The minimum absolute atomic E-state index is 0.128. The normalized spacial score (nSPS) is 12.4. The van der Waals surface area contributed by atoms with Crippen LogP contribution in [0, 0.1) is 6.92 Å². The number of thiophene rings is 1. The summed E-state index contributed by atoms with van der Waals surface area (Å²) in [5.41, 5.74) is 0.239. The molecule has 2 aromatic rings. The van der Waals surface area contributed by atoms with E-state index in [-0.39, 0.29) is 17.9 Å². The summed E-state index contributed by atoms with van der Waals surface area (Å²) >= 11 is 1.13. The van der Waals surface area contributed by atoms with Gasteiger partial charge in [-0.3, -0.25) is 14.2 Å². The fourth-order valence-electron chi connectivity index (χ4n) is 2.00. The molecule has 0 aromatic carbocycles. The number of hydrogen-bond donors (Lipinski definition) is 0. The van der Waals surface area contributed by atoms with Gasteiger partial charge in [-0.2, -0.15) is 0 Å². The first-order valence-electron chi connectivity index (χ1n) is 6.56. The molecule has 112 valence electrons. The fourth-order valence-corrected chi connectivity index (χ4v) is 3.03. The van der Waals surface area contributed by atoms with Gasteiger partial charge in [-0.15, -0.1) is 11.3 Å². The molecule has 2 rings (SSSR count). The number of Topliss-reactive ketones (excluding diaryl/α,β-unsaturated/α-hetero) is 1. The molecule has 6 nitrogen and oxygen atoms in total. The molecule has 0 unspecified atom stereocenters. The Labute approximate surface area is 125 Å². The van der Waals surface area contributed by atoms with Crippen LogP contribution in [0.5, 0.6) is 0 Å². The molecule has 0 aliphatic carbocycles. The number of rotatable bonds is 4. The van der Waals surface area contributed by atoms with Crippen LogP contribution in [0.1, 0.15) is 42.0 Å². The number of esters is 1. The second kappa shape index (κ2) is 5.77. The Bertz CT molecular complexity index is 775. The molecule has 0 fully saturated rings. The Kier molecular flexibility index (Phi) is 4.22. The van der Waals surface area contributed by atoms with E-state index in [1.54, 1.807) is 20.8 Å². The zero-order chi connectivity index (χ0) is 15.7.